The van der Waals surface area contributed by atoms with Crippen molar-refractivity contribution in [2.75, 3.05) is 0 Å². The van der Waals surface area contributed by atoms with Crippen molar-refractivity contribution in [3.63, 3.8) is 0 Å². The first kappa shape index (κ1) is 52.0. The highest BCUT2D eigenvalue weighted by molar-refractivity contribution is 6.25. The number of nitrogens with zero attached hydrogens (tertiary/aromatic N) is 7. The highest BCUT2D eigenvalue weighted by Gasteiger charge is 2.27. The van der Waals surface area contributed by atoms with Crippen LogP contribution < -0.4 is 0 Å². The predicted molar refractivity (Wildman–Crippen MR) is 352 cm³/mol. The molecule has 0 fully saturated rings. The van der Waals surface area contributed by atoms with Gasteiger partial charge in [-0.3, -0.25) is 9.13 Å². The molecule has 0 amide bonds. The molecule has 0 radical (unpaired) electrons. The molecular weight excluding hydrogens is 1010 g/mol. The van der Waals surface area contributed by atoms with Crippen LogP contribution in [-0.4, -0.2) is 33.2 Å². The van der Waals surface area contributed by atoms with Gasteiger partial charge in [-0.25, -0.2) is 0 Å². The number of fused-ring (bicyclic) bond motifs is 14. The van der Waals surface area contributed by atoms with Crippen LogP contribution in [0.1, 0.15) is 48.0 Å². The maximum Gasteiger partial charge on any atom is 0.240 e. The molecule has 402 valence electrons. The van der Waals surface area contributed by atoms with Gasteiger partial charge in [0.25, 0.3) is 0 Å². The third kappa shape index (κ3) is 8.71. The second-order valence-electron chi connectivity index (χ2n) is 20.3. The van der Waals surface area contributed by atoms with Crippen LogP contribution >= 0.6 is 0 Å². The summed E-state index contributed by atoms with van der Waals surface area (Å²) in [6, 6.07) is 93.2. The van der Waals surface area contributed by atoms with E-state index in [1.54, 1.807) is 0 Å². The second-order valence-corrected chi connectivity index (χ2v) is 20.3. The fraction of sp³-hybridized carbons (Fsp3) is 0.0921. The van der Waals surface area contributed by atoms with Crippen LogP contribution in [0, 0.1) is 0 Å². The van der Waals surface area contributed by atoms with Gasteiger partial charge in [0.05, 0.1) is 44.1 Å². The molecule has 0 spiro atoms. The van der Waals surface area contributed by atoms with E-state index < -0.39 is 0 Å². The van der Waals surface area contributed by atoms with Gasteiger partial charge < -0.3 is 9.13 Å². The monoisotopic (exact) mass is 1070 g/mol. The number of hydrogen-bond acceptors (Lipinski definition) is 3. The molecule has 0 atom stereocenters. The number of para-hydroxylation sites is 6. The van der Waals surface area contributed by atoms with Crippen LogP contribution in [0.25, 0.3) is 144 Å². The molecule has 5 heterocycles. The normalized spacial score (nSPS) is 11.3. The predicted octanol–water partition coefficient (Wildman–Crippen LogP) is 20.7. The lowest BCUT2D eigenvalue weighted by Gasteiger charge is -2.16. The van der Waals surface area contributed by atoms with Gasteiger partial charge in [0.15, 0.2) is 5.82 Å². The first-order valence-electron chi connectivity index (χ1n) is 29.2. The minimum atomic E-state index is 0.511. The summed E-state index contributed by atoms with van der Waals surface area (Å²) in [6.45, 7) is 12.2. The highest BCUT2D eigenvalue weighted by atomic mass is 15.3. The van der Waals surface area contributed by atoms with E-state index in [4.69, 9.17) is 15.0 Å². The summed E-state index contributed by atoms with van der Waals surface area (Å²) in [5.74, 6) is 1.58. The molecule has 0 aliphatic rings. The van der Waals surface area contributed by atoms with Crippen LogP contribution in [-0.2, 0) is 0 Å². The minimum absolute atomic E-state index is 0.511. The summed E-state index contributed by atoms with van der Waals surface area (Å²) in [5.41, 5.74) is 15.8. The van der Waals surface area contributed by atoms with E-state index in [0.29, 0.717) is 17.7 Å². The van der Waals surface area contributed by atoms with Crippen LogP contribution in [0.5, 0.6) is 0 Å². The van der Waals surface area contributed by atoms with E-state index in [1.165, 1.54) is 17.2 Å². The molecule has 0 saturated carbocycles. The standard InChI is InChI=1S/C69H43N7.C3H8.2C2H6/c1-5-21-44(22-6-1)46-41-47(45-23-7-2-8-24-45)43-48(42-46)67-70-68(75-61-35-19-15-31-53(61)57-39-37-55-51-29-13-17-33-59(51)73(63(55)65(57)75)49-25-9-3-10-26-49)72-69(71-67)76-62-36-20-16-32-54(62)58-40-38-56-52-30-14-18-34-60(52)74(64(56)66(58)76)50-27-11-4-12-28-50;1-3-2;2*1-2/h1-43H;3H2,1-2H3;2*1-2H3. The lowest BCUT2D eigenvalue weighted by Crippen LogP contribution is -2.11. The molecular formula is C76H63N7. The van der Waals surface area contributed by atoms with Crippen LogP contribution in [0.15, 0.2) is 261 Å². The lowest BCUT2D eigenvalue weighted by atomic mass is 9.96. The molecule has 5 aromatic heterocycles. The fourth-order valence-electron chi connectivity index (χ4n) is 12.1. The Balaban J connectivity index is 0.000000886. The SMILES string of the molecule is CC.CC.CCC.c1ccc(-c2cc(-c3ccccc3)cc(-c3nc(-n4c5ccccc5c5ccc6c7ccccc7n(-c7ccccc7)c6c54)nc(-n4c5ccccc5c5ccc6c7ccccc7n(-c7ccccc7)c6c54)n3)c2)cc1. The van der Waals surface area contributed by atoms with Gasteiger partial charge in [-0.05, 0) is 89.0 Å². The molecule has 83 heavy (non-hydrogen) atoms. The van der Waals surface area contributed by atoms with E-state index >= 15 is 0 Å². The molecule has 0 aliphatic carbocycles. The van der Waals surface area contributed by atoms with Gasteiger partial charge in [-0.1, -0.05) is 242 Å². The fourth-order valence-corrected chi connectivity index (χ4v) is 12.1. The highest BCUT2D eigenvalue weighted by Crippen LogP contribution is 2.44. The molecule has 7 nitrogen and oxygen atoms in total. The Morgan fingerprint density at radius 3 is 0.855 bits per heavy atom. The van der Waals surface area contributed by atoms with Crippen molar-refractivity contribution in [1.82, 2.24) is 33.2 Å². The maximum atomic E-state index is 5.82. The molecule has 16 rings (SSSR count). The van der Waals surface area contributed by atoms with Crippen LogP contribution in [0.3, 0.4) is 0 Å². The number of benzene rings is 11. The van der Waals surface area contributed by atoms with Crippen molar-refractivity contribution < 1.29 is 0 Å². The van der Waals surface area contributed by atoms with Gasteiger partial charge >= 0.3 is 0 Å². The largest absolute Gasteiger partial charge is 0.307 e. The number of aromatic nitrogens is 7. The van der Waals surface area contributed by atoms with Gasteiger partial charge in [0.1, 0.15) is 0 Å². The molecule has 0 bridgehead atoms. The summed E-state index contributed by atoms with van der Waals surface area (Å²) in [7, 11) is 0. The zero-order valence-corrected chi connectivity index (χ0v) is 47.7. The topological polar surface area (TPSA) is 58.4 Å². The van der Waals surface area contributed by atoms with E-state index in [-0.39, 0.29) is 0 Å². The van der Waals surface area contributed by atoms with Gasteiger partial charge in [-0.15, -0.1) is 0 Å². The summed E-state index contributed by atoms with van der Waals surface area (Å²) >= 11 is 0. The minimum Gasteiger partial charge on any atom is -0.307 e. The maximum absolute atomic E-state index is 5.82. The smallest absolute Gasteiger partial charge is 0.240 e. The first-order chi connectivity index (χ1) is 41.1. The molecule has 0 aliphatic heterocycles. The Hall–Kier alpha value is -10.4. The van der Waals surface area contributed by atoms with Gasteiger partial charge in [-0.2, -0.15) is 15.0 Å². The Morgan fingerprint density at radius 2 is 0.518 bits per heavy atom. The average molecular weight is 1070 g/mol. The molecule has 7 heteroatoms. The number of hydrogen-bond donors (Lipinski definition) is 0. The summed E-state index contributed by atoms with van der Waals surface area (Å²) in [6.07, 6.45) is 1.25. The van der Waals surface area contributed by atoms with Crippen molar-refractivity contribution in [2.24, 2.45) is 0 Å². The zero-order chi connectivity index (χ0) is 56.6. The molecule has 0 unspecified atom stereocenters. The first-order valence-corrected chi connectivity index (χ1v) is 29.2. The van der Waals surface area contributed by atoms with Gasteiger partial charge in [0, 0.05) is 60.0 Å². The van der Waals surface area contributed by atoms with Crippen LogP contribution in [0.4, 0.5) is 0 Å². The molecule has 0 N–H and O–H groups in total. The third-order valence-electron chi connectivity index (χ3n) is 15.4. The van der Waals surface area contributed by atoms with Crippen molar-refractivity contribution >= 4 is 87.2 Å². The Bertz CT molecular complexity index is 4680. The van der Waals surface area contributed by atoms with Crippen molar-refractivity contribution in [3.8, 4) is 56.9 Å². The van der Waals surface area contributed by atoms with E-state index in [2.05, 4.69) is 293 Å². The van der Waals surface area contributed by atoms with Crippen molar-refractivity contribution in [1.29, 1.82) is 0 Å². The Labute approximate surface area is 483 Å². The summed E-state index contributed by atoms with van der Waals surface area (Å²) in [5, 5.41) is 9.06. The third-order valence-corrected chi connectivity index (χ3v) is 15.4. The van der Waals surface area contributed by atoms with Gasteiger partial charge in [0.2, 0.25) is 11.9 Å². The summed E-state index contributed by atoms with van der Waals surface area (Å²) in [4.78, 5) is 17.3. The average Bonchev–Trinajstić information content (AvgIpc) is 2.26. The lowest BCUT2D eigenvalue weighted by molar-refractivity contribution is 0.893. The van der Waals surface area contributed by atoms with E-state index in [0.717, 1.165) is 116 Å². The molecule has 16 aromatic rings. The van der Waals surface area contributed by atoms with Crippen molar-refractivity contribution in [3.05, 3.63) is 261 Å². The van der Waals surface area contributed by atoms with E-state index in [1.807, 2.05) is 27.7 Å². The summed E-state index contributed by atoms with van der Waals surface area (Å²) < 4.78 is 9.41. The Morgan fingerprint density at radius 1 is 0.253 bits per heavy atom. The molecule has 11 aromatic carbocycles. The number of rotatable bonds is 7. The quantitative estimate of drug-likeness (QED) is 0.160. The van der Waals surface area contributed by atoms with E-state index in [9.17, 15) is 0 Å². The Kier molecular flexibility index (Phi) is 14.0. The zero-order valence-electron chi connectivity index (χ0n) is 47.7. The van der Waals surface area contributed by atoms with Crippen LogP contribution in [0.2, 0.25) is 0 Å². The van der Waals surface area contributed by atoms with Crippen molar-refractivity contribution in [2.45, 2.75) is 48.0 Å². The second kappa shape index (κ2) is 22.3. The molecule has 0 saturated heterocycles.